The monoisotopic (exact) mass is 245 g/mol. The van der Waals surface area contributed by atoms with Crippen LogP contribution in [-0.4, -0.2) is 6.54 Å². The van der Waals surface area contributed by atoms with Gasteiger partial charge in [0.1, 0.15) is 0 Å². The lowest BCUT2D eigenvalue weighted by atomic mass is 9.87. The van der Waals surface area contributed by atoms with Crippen LogP contribution in [0.5, 0.6) is 0 Å². The van der Waals surface area contributed by atoms with Gasteiger partial charge in [-0.1, -0.05) is 61.9 Å². The molecule has 0 aliphatic heterocycles. The zero-order valence-electron chi connectivity index (χ0n) is 11.9. The molecule has 0 spiro atoms. The largest absolute Gasteiger partial charge is 0.310 e. The van der Waals surface area contributed by atoms with Gasteiger partial charge in [0.2, 0.25) is 0 Å². The lowest BCUT2D eigenvalue weighted by Crippen LogP contribution is -2.22. The molecule has 0 amide bonds. The van der Waals surface area contributed by atoms with Crippen molar-refractivity contribution in [2.24, 2.45) is 5.92 Å². The summed E-state index contributed by atoms with van der Waals surface area (Å²) in [6, 6.07) is 9.32. The van der Waals surface area contributed by atoms with Crippen molar-refractivity contribution in [1.29, 1.82) is 0 Å². The van der Waals surface area contributed by atoms with Crippen molar-refractivity contribution >= 4 is 0 Å². The van der Waals surface area contributed by atoms with Crippen molar-refractivity contribution in [1.82, 2.24) is 5.32 Å². The first kappa shape index (κ1) is 13.6. The minimum atomic E-state index is 0.480. The molecule has 18 heavy (non-hydrogen) atoms. The molecule has 0 aromatic heterocycles. The van der Waals surface area contributed by atoms with Gasteiger partial charge >= 0.3 is 0 Å². The summed E-state index contributed by atoms with van der Waals surface area (Å²) < 4.78 is 0. The van der Waals surface area contributed by atoms with Crippen molar-refractivity contribution in [3.63, 3.8) is 0 Å². The highest BCUT2D eigenvalue weighted by atomic mass is 14.9. The fourth-order valence-corrected chi connectivity index (χ4v) is 3.04. The first-order valence-corrected chi connectivity index (χ1v) is 7.55. The predicted octanol–water partition coefficient (Wildman–Crippen LogP) is 4.62. The molecular formula is C17H27N. The maximum absolute atomic E-state index is 3.67. The van der Waals surface area contributed by atoms with Crippen LogP contribution >= 0.6 is 0 Å². The Bertz CT molecular complexity index is 352. The maximum Gasteiger partial charge on any atom is 0.0291 e. The van der Waals surface area contributed by atoms with Crippen LogP contribution in [0.1, 0.15) is 62.6 Å². The van der Waals surface area contributed by atoms with E-state index in [1.54, 1.807) is 0 Å². The summed E-state index contributed by atoms with van der Waals surface area (Å²) in [7, 11) is 0. The number of hydrogen-bond acceptors (Lipinski definition) is 1. The Hall–Kier alpha value is -0.820. The van der Waals surface area contributed by atoms with Crippen LogP contribution in [0.15, 0.2) is 24.3 Å². The lowest BCUT2D eigenvalue weighted by molar-refractivity contribution is 0.329. The van der Waals surface area contributed by atoms with Gasteiger partial charge in [-0.25, -0.2) is 0 Å². The average Bonchev–Trinajstić information content (AvgIpc) is 2.40. The minimum Gasteiger partial charge on any atom is -0.310 e. The molecule has 0 bridgehead atoms. The summed E-state index contributed by atoms with van der Waals surface area (Å²) in [5, 5.41) is 3.67. The smallest absolute Gasteiger partial charge is 0.0291 e. The molecule has 2 rings (SSSR count). The van der Waals surface area contributed by atoms with Crippen molar-refractivity contribution in [2.45, 2.75) is 58.4 Å². The first-order chi connectivity index (χ1) is 8.75. The fourth-order valence-electron chi connectivity index (χ4n) is 3.04. The third-order valence-electron chi connectivity index (χ3n) is 4.27. The summed E-state index contributed by atoms with van der Waals surface area (Å²) in [5.41, 5.74) is 2.77. The highest BCUT2D eigenvalue weighted by Crippen LogP contribution is 2.26. The Kier molecular flexibility index (Phi) is 5.25. The normalized spacial score (nSPS) is 18.8. The van der Waals surface area contributed by atoms with Gasteiger partial charge in [0.25, 0.3) is 0 Å². The predicted molar refractivity (Wildman–Crippen MR) is 78.8 cm³/mol. The summed E-state index contributed by atoms with van der Waals surface area (Å²) >= 11 is 0. The topological polar surface area (TPSA) is 12.0 Å². The molecule has 1 nitrogen and oxygen atoms in total. The zero-order chi connectivity index (χ0) is 12.8. The standard InChI is InChI=1S/C17H27N/c1-14-7-6-10-17(13-14)15(2)18-12-11-16-8-4-3-5-9-16/h6-7,10,13,15-16,18H,3-5,8-9,11-12H2,1-2H3. The van der Waals surface area contributed by atoms with Gasteiger partial charge in [-0.3, -0.25) is 0 Å². The number of nitrogens with one attached hydrogen (secondary N) is 1. The molecular weight excluding hydrogens is 218 g/mol. The third kappa shape index (κ3) is 4.13. The van der Waals surface area contributed by atoms with Crippen LogP contribution in [0, 0.1) is 12.8 Å². The van der Waals surface area contributed by atoms with Crippen molar-refractivity contribution in [3.05, 3.63) is 35.4 Å². The van der Waals surface area contributed by atoms with Crippen molar-refractivity contribution < 1.29 is 0 Å². The molecule has 1 aromatic rings. The second kappa shape index (κ2) is 6.94. The number of hydrogen-bond donors (Lipinski definition) is 1. The molecule has 1 aliphatic carbocycles. The summed E-state index contributed by atoms with van der Waals surface area (Å²) in [5.74, 6) is 0.982. The number of rotatable bonds is 5. The molecule has 1 heteroatoms. The van der Waals surface area contributed by atoms with Gasteiger partial charge in [0.05, 0.1) is 0 Å². The molecule has 100 valence electrons. The van der Waals surface area contributed by atoms with E-state index < -0.39 is 0 Å². The van der Waals surface area contributed by atoms with Crippen LogP contribution in [0.3, 0.4) is 0 Å². The Morgan fingerprint density at radius 3 is 2.72 bits per heavy atom. The first-order valence-electron chi connectivity index (χ1n) is 7.55. The van der Waals surface area contributed by atoms with Crippen molar-refractivity contribution in [3.8, 4) is 0 Å². The van der Waals surface area contributed by atoms with Gasteiger partial charge in [-0.15, -0.1) is 0 Å². The zero-order valence-corrected chi connectivity index (χ0v) is 11.9. The quantitative estimate of drug-likeness (QED) is 0.798. The van der Waals surface area contributed by atoms with Gasteiger partial charge < -0.3 is 5.32 Å². The molecule has 1 N–H and O–H groups in total. The van der Waals surface area contributed by atoms with E-state index in [9.17, 15) is 0 Å². The number of benzene rings is 1. The fraction of sp³-hybridized carbons (Fsp3) is 0.647. The van der Waals surface area contributed by atoms with E-state index in [-0.39, 0.29) is 0 Å². The highest BCUT2D eigenvalue weighted by molar-refractivity contribution is 5.24. The second-order valence-corrected chi connectivity index (χ2v) is 5.88. The minimum absolute atomic E-state index is 0.480. The Morgan fingerprint density at radius 1 is 1.22 bits per heavy atom. The van der Waals surface area contributed by atoms with E-state index in [4.69, 9.17) is 0 Å². The molecule has 1 aromatic carbocycles. The molecule has 1 unspecified atom stereocenters. The Morgan fingerprint density at radius 2 is 2.00 bits per heavy atom. The van der Waals surface area contributed by atoms with E-state index >= 15 is 0 Å². The molecule has 1 fully saturated rings. The van der Waals surface area contributed by atoms with Gasteiger partial charge in [0, 0.05) is 6.04 Å². The van der Waals surface area contributed by atoms with Crippen LogP contribution in [0.4, 0.5) is 0 Å². The molecule has 1 saturated carbocycles. The molecule has 1 aliphatic rings. The average molecular weight is 245 g/mol. The van der Waals surface area contributed by atoms with Gasteiger partial charge in [0.15, 0.2) is 0 Å². The number of aryl methyl sites for hydroxylation is 1. The highest BCUT2D eigenvalue weighted by Gasteiger charge is 2.13. The van der Waals surface area contributed by atoms with Crippen LogP contribution < -0.4 is 5.32 Å². The summed E-state index contributed by atoms with van der Waals surface area (Å²) in [6.07, 6.45) is 8.65. The van der Waals surface area contributed by atoms with E-state index in [0.717, 1.165) is 5.92 Å². The SMILES string of the molecule is Cc1cccc(C(C)NCCC2CCCCC2)c1. The second-order valence-electron chi connectivity index (χ2n) is 5.88. The lowest BCUT2D eigenvalue weighted by Gasteiger charge is -2.23. The Labute approximate surface area is 112 Å². The Balaban J connectivity index is 1.72. The van der Waals surface area contributed by atoms with E-state index in [0.29, 0.717) is 6.04 Å². The summed E-state index contributed by atoms with van der Waals surface area (Å²) in [6.45, 7) is 5.60. The van der Waals surface area contributed by atoms with E-state index in [1.807, 2.05) is 0 Å². The van der Waals surface area contributed by atoms with E-state index in [1.165, 1.54) is 56.2 Å². The van der Waals surface area contributed by atoms with Gasteiger partial charge in [-0.05, 0) is 38.3 Å². The maximum atomic E-state index is 3.67. The van der Waals surface area contributed by atoms with Gasteiger partial charge in [-0.2, -0.15) is 0 Å². The van der Waals surface area contributed by atoms with Crippen LogP contribution in [0.25, 0.3) is 0 Å². The molecule has 0 radical (unpaired) electrons. The summed E-state index contributed by atoms with van der Waals surface area (Å²) in [4.78, 5) is 0. The molecule has 0 saturated heterocycles. The molecule has 1 atom stereocenters. The van der Waals surface area contributed by atoms with Crippen LogP contribution in [0.2, 0.25) is 0 Å². The van der Waals surface area contributed by atoms with E-state index in [2.05, 4.69) is 43.4 Å². The van der Waals surface area contributed by atoms with Crippen molar-refractivity contribution in [2.75, 3.05) is 6.54 Å². The molecule has 0 heterocycles. The third-order valence-corrected chi connectivity index (χ3v) is 4.27. The van der Waals surface area contributed by atoms with Crippen LogP contribution in [-0.2, 0) is 0 Å².